The molecule has 0 aliphatic carbocycles. The molecule has 6 heteroatoms. The molecule has 6 nitrogen and oxygen atoms in total. The van der Waals surface area contributed by atoms with Gasteiger partial charge in [-0.2, -0.15) is 0 Å². The second-order valence-electron chi connectivity index (χ2n) is 5.34. The number of aryl methyl sites for hydroxylation is 2. The van der Waals surface area contributed by atoms with Gasteiger partial charge in [0.25, 0.3) is 0 Å². The number of hydrogen-bond acceptors (Lipinski definition) is 5. The molecule has 22 heavy (non-hydrogen) atoms. The first-order chi connectivity index (χ1) is 10.6. The van der Waals surface area contributed by atoms with Crippen LogP contribution in [-0.4, -0.2) is 20.2 Å². The SMILES string of the molecule is Cc1noc(C)c1CNC(C)c1ccc(-n2ccnn2)cc1. The predicted molar refractivity (Wildman–Crippen MR) is 82.6 cm³/mol. The predicted octanol–water partition coefficient (Wildman–Crippen LogP) is 2.72. The quantitative estimate of drug-likeness (QED) is 0.784. The molecule has 0 aliphatic rings. The molecule has 1 aromatic carbocycles. The Morgan fingerprint density at radius 1 is 1.23 bits per heavy atom. The normalized spacial score (nSPS) is 12.5. The molecule has 0 radical (unpaired) electrons. The molecule has 1 N–H and O–H groups in total. The van der Waals surface area contributed by atoms with E-state index in [0.29, 0.717) is 0 Å². The number of nitrogens with one attached hydrogen (secondary N) is 1. The third-order valence-electron chi connectivity index (χ3n) is 3.85. The fraction of sp³-hybridized carbons (Fsp3) is 0.312. The van der Waals surface area contributed by atoms with Crippen molar-refractivity contribution in [2.24, 2.45) is 0 Å². The first-order valence-corrected chi connectivity index (χ1v) is 7.27. The molecule has 0 saturated carbocycles. The molecule has 2 heterocycles. The van der Waals surface area contributed by atoms with Crippen LogP contribution >= 0.6 is 0 Å². The fourth-order valence-corrected chi connectivity index (χ4v) is 2.39. The van der Waals surface area contributed by atoms with Crippen LogP contribution in [0.2, 0.25) is 0 Å². The Bertz CT molecular complexity index is 711. The number of hydrogen-bond donors (Lipinski definition) is 1. The molecule has 3 rings (SSSR count). The lowest BCUT2D eigenvalue weighted by Crippen LogP contribution is -2.18. The monoisotopic (exact) mass is 297 g/mol. The summed E-state index contributed by atoms with van der Waals surface area (Å²) in [5, 5.41) is 15.3. The number of nitrogens with zero attached hydrogens (tertiary/aromatic N) is 4. The zero-order valence-electron chi connectivity index (χ0n) is 12.9. The molecular formula is C16H19N5O. The lowest BCUT2D eigenvalue weighted by molar-refractivity contribution is 0.391. The van der Waals surface area contributed by atoms with E-state index in [1.807, 2.05) is 32.2 Å². The molecule has 114 valence electrons. The summed E-state index contributed by atoms with van der Waals surface area (Å²) in [7, 11) is 0. The average Bonchev–Trinajstić information content (AvgIpc) is 3.17. The molecule has 0 spiro atoms. The van der Waals surface area contributed by atoms with Gasteiger partial charge in [0.15, 0.2) is 0 Å². The van der Waals surface area contributed by atoms with Crippen molar-refractivity contribution in [1.29, 1.82) is 0 Å². The van der Waals surface area contributed by atoms with Crippen molar-refractivity contribution >= 4 is 0 Å². The minimum Gasteiger partial charge on any atom is -0.361 e. The topological polar surface area (TPSA) is 68.8 Å². The highest BCUT2D eigenvalue weighted by molar-refractivity contribution is 5.34. The number of aromatic nitrogens is 4. The fourth-order valence-electron chi connectivity index (χ4n) is 2.39. The summed E-state index contributed by atoms with van der Waals surface area (Å²) in [4.78, 5) is 0. The van der Waals surface area contributed by atoms with Crippen LogP contribution in [0.4, 0.5) is 0 Å². The van der Waals surface area contributed by atoms with Gasteiger partial charge in [0, 0.05) is 18.2 Å². The van der Waals surface area contributed by atoms with Gasteiger partial charge in [-0.25, -0.2) is 4.68 Å². The van der Waals surface area contributed by atoms with Crippen LogP contribution in [0.3, 0.4) is 0 Å². The van der Waals surface area contributed by atoms with Gasteiger partial charge in [-0.1, -0.05) is 22.5 Å². The van der Waals surface area contributed by atoms with E-state index in [1.165, 1.54) is 5.56 Å². The highest BCUT2D eigenvalue weighted by Gasteiger charge is 2.11. The average molecular weight is 297 g/mol. The highest BCUT2D eigenvalue weighted by Crippen LogP contribution is 2.17. The lowest BCUT2D eigenvalue weighted by Gasteiger charge is -2.14. The van der Waals surface area contributed by atoms with E-state index in [1.54, 1.807) is 10.9 Å². The zero-order chi connectivity index (χ0) is 15.5. The van der Waals surface area contributed by atoms with Gasteiger partial charge >= 0.3 is 0 Å². The summed E-state index contributed by atoms with van der Waals surface area (Å²) in [5.74, 6) is 0.874. The van der Waals surface area contributed by atoms with Crippen molar-refractivity contribution in [3.05, 3.63) is 59.2 Å². The van der Waals surface area contributed by atoms with Crippen LogP contribution in [0, 0.1) is 13.8 Å². The van der Waals surface area contributed by atoms with Crippen molar-refractivity contribution in [2.45, 2.75) is 33.4 Å². The second kappa shape index (κ2) is 6.11. The van der Waals surface area contributed by atoms with E-state index in [4.69, 9.17) is 4.52 Å². The van der Waals surface area contributed by atoms with Crippen molar-refractivity contribution in [3.8, 4) is 5.69 Å². The second-order valence-corrected chi connectivity index (χ2v) is 5.34. The van der Waals surface area contributed by atoms with Gasteiger partial charge in [0.2, 0.25) is 0 Å². The van der Waals surface area contributed by atoms with E-state index < -0.39 is 0 Å². The Hall–Kier alpha value is -2.47. The van der Waals surface area contributed by atoms with Gasteiger partial charge in [0.1, 0.15) is 5.76 Å². The minimum atomic E-state index is 0.235. The number of benzene rings is 1. The lowest BCUT2D eigenvalue weighted by atomic mass is 10.1. The van der Waals surface area contributed by atoms with Crippen LogP contribution in [0.25, 0.3) is 5.69 Å². The summed E-state index contributed by atoms with van der Waals surface area (Å²) < 4.78 is 6.93. The highest BCUT2D eigenvalue weighted by atomic mass is 16.5. The molecule has 0 saturated heterocycles. The third-order valence-corrected chi connectivity index (χ3v) is 3.85. The molecule has 1 unspecified atom stereocenters. The van der Waals surface area contributed by atoms with E-state index in [-0.39, 0.29) is 6.04 Å². The molecule has 1 atom stereocenters. The van der Waals surface area contributed by atoms with Crippen molar-refractivity contribution in [2.75, 3.05) is 0 Å². The summed E-state index contributed by atoms with van der Waals surface area (Å²) >= 11 is 0. The Balaban J connectivity index is 1.66. The van der Waals surface area contributed by atoms with E-state index in [2.05, 4.69) is 39.8 Å². The zero-order valence-corrected chi connectivity index (χ0v) is 12.9. The van der Waals surface area contributed by atoms with Crippen LogP contribution in [-0.2, 0) is 6.54 Å². The molecule has 0 aliphatic heterocycles. The molecule has 0 fully saturated rings. The molecule has 0 amide bonds. The molecule has 3 aromatic rings. The van der Waals surface area contributed by atoms with Crippen LogP contribution in [0.5, 0.6) is 0 Å². The summed E-state index contributed by atoms with van der Waals surface area (Å²) in [6.07, 6.45) is 3.50. The van der Waals surface area contributed by atoms with Gasteiger partial charge in [-0.15, -0.1) is 5.10 Å². The minimum absolute atomic E-state index is 0.235. The van der Waals surface area contributed by atoms with Gasteiger partial charge in [0.05, 0.1) is 23.8 Å². The van der Waals surface area contributed by atoms with Crippen LogP contribution < -0.4 is 5.32 Å². The maximum absolute atomic E-state index is 5.18. The molecule has 2 aromatic heterocycles. The standard InChI is InChI=1S/C16H19N5O/c1-11(17-10-16-12(2)19-22-13(16)3)14-4-6-15(7-5-14)21-9-8-18-20-21/h4-9,11,17H,10H2,1-3H3. The Kier molecular flexibility index (Phi) is 4.02. The van der Waals surface area contributed by atoms with Crippen molar-refractivity contribution < 1.29 is 4.52 Å². The van der Waals surface area contributed by atoms with Gasteiger partial charge in [-0.05, 0) is 38.5 Å². The third kappa shape index (κ3) is 2.92. The summed E-state index contributed by atoms with van der Waals surface area (Å²) in [5.41, 5.74) is 4.29. The van der Waals surface area contributed by atoms with E-state index in [9.17, 15) is 0 Å². The number of rotatable bonds is 5. The summed E-state index contributed by atoms with van der Waals surface area (Å²) in [6.45, 7) is 6.79. The largest absolute Gasteiger partial charge is 0.361 e. The smallest absolute Gasteiger partial charge is 0.138 e. The molecule has 0 bridgehead atoms. The van der Waals surface area contributed by atoms with Crippen molar-refractivity contribution in [3.63, 3.8) is 0 Å². The Morgan fingerprint density at radius 3 is 2.59 bits per heavy atom. The van der Waals surface area contributed by atoms with Crippen molar-refractivity contribution in [1.82, 2.24) is 25.5 Å². The molecular weight excluding hydrogens is 278 g/mol. The van der Waals surface area contributed by atoms with Gasteiger partial charge < -0.3 is 9.84 Å². The Labute approximate surface area is 129 Å². The van der Waals surface area contributed by atoms with Crippen LogP contribution in [0.15, 0.2) is 41.2 Å². The van der Waals surface area contributed by atoms with Crippen LogP contribution in [0.1, 0.15) is 35.5 Å². The first kappa shape index (κ1) is 14.5. The summed E-state index contributed by atoms with van der Waals surface area (Å²) in [6, 6.07) is 8.51. The van der Waals surface area contributed by atoms with E-state index >= 15 is 0 Å². The van der Waals surface area contributed by atoms with Gasteiger partial charge in [-0.3, -0.25) is 0 Å². The maximum atomic E-state index is 5.18. The Morgan fingerprint density at radius 2 is 2.00 bits per heavy atom. The maximum Gasteiger partial charge on any atom is 0.138 e. The van der Waals surface area contributed by atoms with E-state index in [0.717, 1.165) is 29.2 Å². The first-order valence-electron chi connectivity index (χ1n) is 7.27.